The second-order valence-corrected chi connectivity index (χ2v) is 20.3. The number of hydrogen-bond donors (Lipinski definition) is 1. The summed E-state index contributed by atoms with van der Waals surface area (Å²) < 4.78 is 24.5. The molecule has 6 unspecified atom stereocenters. The second-order valence-electron chi connectivity index (χ2n) is 20.3. The second kappa shape index (κ2) is 18.5. The van der Waals surface area contributed by atoms with Crippen LogP contribution in [0.3, 0.4) is 0 Å². The Bertz CT molecular complexity index is 1900. The third-order valence-electron chi connectivity index (χ3n) is 16.7. The lowest BCUT2D eigenvalue weighted by Gasteiger charge is -2.58. The van der Waals surface area contributed by atoms with Gasteiger partial charge in [0.1, 0.15) is 23.2 Å². The molecule has 0 aromatic heterocycles. The van der Waals surface area contributed by atoms with Gasteiger partial charge in [0.2, 0.25) is 0 Å². The van der Waals surface area contributed by atoms with Crippen molar-refractivity contribution in [3.8, 4) is 11.5 Å². The third-order valence-corrected chi connectivity index (χ3v) is 16.7. The Morgan fingerprint density at radius 3 is 2.15 bits per heavy atom. The summed E-state index contributed by atoms with van der Waals surface area (Å²) >= 11 is 0. The topological polar surface area (TPSA) is 77.5 Å². The van der Waals surface area contributed by atoms with Gasteiger partial charge in [-0.2, -0.15) is 0 Å². The molecule has 0 radical (unpaired) electrons. The molecule has 7 nitrogen and oxygen atoms in total. The number of fused-ring (bicyclic) bond motifs is 5. The van der Waals surface area contributed by atoms with E-state index in [-0.39, 0.29) is 30.3 Å². The van der Waals surface area contributed by atoms with Crippen LogP contribution in [0.4, 0.5) is 4.79 Å². The maximum atomic E-state index is 14.0. The Morgan fingerprint density at radius 2 is 1.49 bits per heavy atom. The van der Waals surface area contributed by atoms with Crippen molar-refractivity contribution in [1.29, 1.82) is 0 Å². The summed E-state index contributed by atoms with van der Waals surface area (Å²) in [5.74, 6) is 5.61. The van der Waals surface area contributed by atoms with Crippen molar-refractivity contribution in [2.45, 2.75) is 141 Å². The Kier molecular flexibility index (Phi) is 13.3. The van der Waals surface area contributed by atoms with E-state index in [9.17, 15) is 9.90 Å². The van der Waals surface area contributed by atoms with Crippen LogP contribution in [0.5, 0.6) is 11.5 Å². The van der Waals surface area contributed by atoms with Gasteiger partial charge in [0.15, 0.2) is 0 Å². The predicted octanol–water partition coefficient (Wildman–Crippen LogP) is 12.1. The molecule has 1 amide bonds. The molecule has 3 aromatic carbocycles. The number of nitrogens with zero attached hydrogens (tertiary/aromatic N) is 1. The van der Waals surface area contributed by atoms with Crippen LogP contribution >= 0.6 is 0 Å². The maximum absolute atomic E-state index is 14.0. The fraction of sp³-hybridized carbons (Fsp3) is 0.611. The molecule has 1 heterocycles. The summed E-state index contributed by atoms with van der Waals surface area (Å²) in [4.78, 5) is 15.8. The van der Waals surface area contributed by atoms with Crippen LogP contribution < -0.4 is 9.47 Å². The molecule has 7 heteroatoms. The predicted molar refractivity (Wildman–Crippen MR) is 243 cm³/mol. The van der Waals surface area contributed by atoms with E-state index >= 15 is 0 Å². The van der Waals surface area contributed by atoms with Gasteiger partial charge in [0.05, 0.1) is 33.0 Å². The summed E-state index contributed by atoms with van der Waals surface area (Å²) in [5.41, 5.74) is 4.15. The monoisotopic (exact) mass is 832 g/mol. The minimum atomic E-state index is -0.971. The zero-order valence-electron chi connectivity index (χ0n) is 38.0. The first kappa shape index (κ1) is 43.8. The van der Waals surface area contributed by atoms with Crippen molar-refractivity contribution in [3.63, 3.8) is 0 Å². The van der Waals surface area contributed by atoms with Crippen molar-refractivity contribution in [3.05, 3.63) is 107 Å². The summed E-state index contributed by atoms with van der Waals surface area (Å²) in [7, 11) is 3.33. The van der Waals surface area contributed by atoms with Gasteiger partial charge in [0, 0.05) is 13.0 Å². The van der Waals surface area contributed by atoms with E-state index in [0.717, 1.165) is 89.9 Å². The van der Waals surface area contributed by atoms with Crippen molar-refractivity contribution in [2.24, 2.45) is 40.4 Å². The molecule has 1 aliphatic heterocycles. The van der Waals surface area contributed by atoms with E-state index < -0.39 is 11.7 Å². The minimum Gasteiger partial charge on any atom is -0.497 e. The van der Waals surface area contributed by atoms with E-state index in [4.69, 9.17) is 18.9 Å². The van der Waals surface area contributed by atoms with E-state index in [2.05, 4.69) is 45.9 Å². The fourth-order valence-corrected chi connectivity index (χ4v) is 13.3. The number of aliphatic hydroxyl groups is 1. The Hall–Kier alpha value is -3.81. The maximum Gasteiger partial charge on any atom is 0.410 e. The standard InChI is InChI=1S/C54H73NO6/c1-37(2)12-10-15-38-22-28-47-46-27-21-42-36-45(29-32-53(42,4)48(46)30-33-52(38,47)3)61-51(57)55-34-11-16-49(55)50(56)31-35-60-54(39-13-8-7-9-14-39,40-17-23-43(58-5)24-18-40)41-19-25-44(59-6)26-20-41/h7-9,13-14,17-21,23-26,37-38,45-50,56H,10-12,15-16,22,27-36H2,1-6H3/t38?,45-,46?,47?,48?,49?,50?,52+,53-/m1/s1. The average molecular weight is 832 g/mol. The van der Waals surface area contributed by atoms with Crippen LogP contribution in [0, 0.1) is 40.4 Å². The SMILES string of the molecule is COc1ccc(C(OCCC(O)C2CCCN2C(=O)O[C@@H]2CC[C@]3(C)C(=CCC4C5CCC(CCCC(C)C)[C@]5(C)CCC43)C2)(c2ccccc2)c2ccc(OC)cc2)cc1. The molecule has 330 valence electrons. The van der Waals surface area contributed by atoms with Gasteiger partial charge >= 0.3 is 6.09 Å². The van der Waals surface area contributed by atoms with E-state index in [0.29, 0.717) is 18.4 Å². The van der Waals surface area contributed by atoms with Crippen molar-refractivity contribution in [1.82, 2.24) is 4.90 Å². The highest BCUT2D eigenvalue weighted by molar-refractivity contribution is 5.69. The van der Waals surface area contributed by atoms with E-state index in [1.54, 1.807) is 24.7 Å². The zero-order chi connectivity index (χ0) is 42.8. The smallest absolute Gasteiger partial charge is 0.410 e. The number of likely N-dealkylation sites (tertiary alicyclic amines) is 1. The van der Waals surface area contributed by atoms with Crippen LogP contribution in [0.1, 0.15) is 134 Å². The number of carbonyl (C=O) groups excluding carboxylic acids is 1. The van der Waals surface area contributed by atoms with Gasteiger partial charge in [-0.15, -0.1) is 0 Å². The summed E-state index contributed by atoms with van der Waals surface area (Å²) in [6, 6.07) is 25.9. The Morgan fingerprint density at radius 1 is 0.820 bits per heavy atom. The Labute approximate surface area is 366 Å². The van der Waals surface area contributed by atoms with Crippen LogP contribution in [0.25, 0.3) is 0 Å². The van der Waals surface area contributed by atoms with Gasteiger partial charge in [-0.3, -0.25) is 0 Å². The summed E-state index contributed by atoms with van der Waals surface area (Å²) in [5, 5.41) is 11.8. The molecule has 9 atom stereocenters. The van der Waals surface area contributed by atoms with Crippen LogP contribution in [-0.2, 0) is 15.1 Å². The number of rotatable bonds is 15. The van der Waals surface area contributed by atoms with Crippen molar-refractivity contribution >= 4 is 6.09 Å². The number of methoxy groups -OCH3 is 2. The van der Waals surface area contributed by atoms with Gasteiger partial charge in [-0.05, 0) is 152 Å². The number of aliphatic hydroxyl groups excluding tert-OH is 1. The lowest BCUT2D eigenvalue weighted by molar-refractivity contribution is -0.0549. The molecule has 0 spiro atoms. The first-order valence-corrected chi connectivity index (χ1v) is 23.8. The van der Waals surface area contributed by atoms with Gasteiger partial charge < -0.3 is 29.0 Å². The van der Waals surface area contributed by atoms with E-state index in [1.807, 2.05) is 66.7 Å². The summed E-state index contributed by atoms with van der Waals surface area (Å²) in [6.45, 7) is 10.8. The van der Waals surface area contributed by atoms with Crippen LogP contribution in [0.2, 0.25) is 0 Å². The zero-order valence-corrected chi connectivity index (χ0v) is 38.0. The lowest BCUT2D eigenvalue weighted by Crippen LogP contribution is -2.51. The molecule has 1 saturated heterocycles. The first-order valence-electron chi connectivity index (χ1n) is 23.8. The lowest BCUT2D eigenvalue weighted by atomic mass is 9.47. The van der Waals surface area contributed by atoms with Crippen LogP contribution in [-0.4, -0.2) is 61.7 Å². The Balaban J connectivity index is 0.914. The molecular formula is C54H73NO6. The molecular weight excluding hydrogens is 759 g/mol. The highest BCUT2D eigenvalue weighted by atomic mass is 16.6. The highest BCUT2D eigenvalue weighted by Crippen LogP contribution is 2.67. The fourth-order valence-electron chi connectivity index (χ4n) is 13.3. The molecule has 8 rings (SSSR count). The molecule has 4 aliphatic carbocycles. The molecule has 3 aromatic rings. The number of ether oxygens (including phenoxy) is 4. The van der Waals surface area contributed by atoms with Gasteiger partial charge in [-0.25, -0.2) is 4.79 Å². The molecule has 0 bridgehead atoms. The number of benzene rings is 3. The van der Waals surface area contributed by atoms with Gasteiger partial charge in [-0.1, -0.05) is 107 Å². The normalized spacial score (nSPS) is 30.2. The molecule has 5 aliphatic rings. The molecule has 61 heavy (non-hydrogen) atoms. The number of carbonyl (C=O) groups is 1. The summed E-state index contributed by atoms with van der Waals surface area (Å²) in [6.07, 6.45) is 17.2. The van der Waals surface area contributed by atoms with Gasteiger partial charge in [0.25, 0.3) is 0 Å². The molecule has 3 saturated carbocycles. The molecule has 4 fully saturated rings. The largest absolute Gasteiger partial charge is 0.497 e. The molecule has 1 N–H and O–H groups in total. The van der Waals surface area contributed by atoms with E-state index in [1.165, 1.54) is 51.4 Å². The quantitative estimate of drug-likeness (QED) is 0.121. The average Bonchev–Trinajstić information content (AvgIpc) is 3.91. The van der Waals surface area contributed by atoms with Crippen molar-refractivity contribution in [2.75, 3.05) is 27.4 Å². The third kappa shape index (κ3) is 8.52. The minimum absolute atomic E-state index is 0.115. The number of amides is 1. The first-order chi connectivity index (χ1) is 29.5. The highest BCUT2D eigenvalue weighted by Gasteiger charge is 2.58. The number of allylic oxidation sites excluding steroid dienone is 1. The number of hydrogen-bond acceptors (Lipinski definition) is 6. The van der Waals surface area contributed by atoms with Crippen molar-refractivity contribution < 1.29 is 28.8 Å². The van der Waals surface area contributed by atoms with Crippen LogP contribution in [0.15, 0.2) is 90.5 Å².